The fourth-order valence-corrected chi connectivity index (χ4v) is 3.81. The van der Waals surface area contributed by atoms with E-state index in [2.05, 4.69) is 50.4 Å². The summed E-state index contributed by atoms with van der Waals surface area (Å²) in [6, 6.07) is 8.79. The van der Waals surface area contributed by atoms with E-state index in [4.69, 9.17) is 0 Å². The topological polar surface area (TPSA) is 29.1 Å². The predicted octanol–water partition coefficient (Wildman–Crippen LogP) is 3.23. The number of hydrogen-bond acceptors (Lipinski definition) is 1. The number of benzene rings is 1. The van der Waals surface area contributed by atoms with E-state index in [1.807, 2.05) is 0 Å². The highest BCUT2D eigenvalue weighted by atomic mass is 16.1. The smallest absolute Gasteiger partial charge is 0.220 e. The van der Waals surface area contributed by atoms with Crippen LogP contribution in [0.2, 0.25) is 0 Å². The molecule has 1 heterocycles. The van der Waals surface area contributed by atoms with Gasteiger partial charge in [-0.25, -0.2) is 0 Å². The molecule has 1 amide bonds. The highest BCUT2D eigenvalue weighted by Crippen LogP contribution is 2.59. The van der Waals surface area contributed by atoms with Crippen molar-refractivity contribution < 1.29 is 4.79 Å². The van der Waals surface area contributed by atoms with Crippen LogP contribution in [0.25, 0.3) is 0 Å². The van der Waals surface area contributed by atoms with E-state index >= 15 is 0 Å². The Kier molecular flexibility index (Phi) is 2.35. The van der Waals surface area contributed by atoms with Gasteiger partial charge in [0.05, 0.1) is 6.04 Å². The minimum atomic E-state index is 0.185. The Morgan fingerprint density at radius 2 is 2.00 bits per heavy atom. The summed E-state index contributed by atoms with van der Waals surface area (Å²) >= 11 is 0. The number of rotatable bonds is 0. The van der Waals surface area contributed by atoms with Gasteiger partial charge in [-0.1, -0.05) is 45.0 Å². The molecular formula is C16H21NO. The molecule has 0 aromatic heterocycles. The number of hydrogen-bond donors (Lipinski definition) is 1. The molecule has 2 heteroatoms. The van der Waals surface area contributed by atoms with Crippen molar-refractivity contribution in [2.24, 2.45) is 10.8 Å². The first-order chi connectivity index (χ1) is 8.44. The monoisotopic (exact) mass is 243 g/mol. The SMILES string of the molecule is CC(C)(C)[C@]12CCC(=O)N[C@H]1c1ccccc1C2. The highest BCUT2D eigenvalue weighted by Gasteiger charge is 2.55. The van der Waals surface area contributed by atoms with Crippen LogP contribution >= 0.6 is 0 Å². The fourth-order valence-electron chi connectivity index (χ4n) is 3.81. The van der Waals surface area contributed by atoms with Gasteiger partial charge >= 0.3 is 0 Å². The van der Waals surface area contributed by atoms with E-state index in [1.54, 1.807) is 0 Å². The average molecular weight is 243 g/mol. The van der Waals surface area contributed by atoms with Gasteiger partial charge in [-0.2, -0.15) is 0 Å². The molecular weight excluding hydrogens is 222 g/mol. The second-order valence-electron chi connectivity index (χ2n) is 6.78. The molecule has 0 radical (unpaired) electrons. The van der Waals surface area contributed by atoms with Gasteiger partial charge in [-0.05, 0) is 29.4 Å². The summed E-state index contributed by atoms with van der Waals surface area (Å²) in [7, 11) is 0. The average Bonchev–Trinajstić information content (AvgIpc) is 2.64. The van der Waals surface area contributed by atoms with E-state index in [-0.39, 0.29) is 22.8 Å². The van der Waals surface area contributed by atoms with Gasteiger partial charge in [0.15, 0.2) is 0 Å². The molecule has 2 aliphatic rings. The van der Waals surface area contributed by atoms with Crippen LogP contribution in [0.5, 0.6) is 0 Å². The van der Waals surface area contributed by atoms with Gasteiger partial charge in [0.1, 0.15) is 0 Å². The summed E-state index contributed by atoms with van der Waals surface area (Å²) in [5, 5.41) is 3.24. The van der Waals surface area contributed by atoms with Crippen LogP contribution in [0.1, 0.15) is 50.8 Å². The van der Waals surface area contributed by atoms with Gasteiger partial charge in [-0.3, -0.25) is 4.79 Å². The standard InChI is InChI=1S/C16H21NO/c1-15(2,3)16-9-8-13(18)17-14(16)12-7-5-4-6-11(12)10-16/h4-7,14H,8-10H2,1-3H3,(H,17,18)/t14-,16-/m0/s1. The van der Waals surface area contributed by atoms with Crippen LogP contribution in [0.4, 0.5) is 0 Å². The molecule has 0 unspecified atom stereocenters. The molecule has 1 N–H and O–H groups in total. The number of piperidine rings is 1. The third-order valence-corrected chi connectivity index (χ3v) is 5.02. The van der Waals surface area contributed by atoms with Gasteiger partial charge in [0.2, 0.25) is 5.91 Å². The van der Waals surface area contributed by atoms with Crippen molar-refractivity contribution >= 4 is 5.91 Å². The van der Waals surface area contributed by atoms with Gasteiger partial charge in [0.25, 0.3) is 0 Å². The zero-order chi connectivity index (χ0) is 13.0. The molecule has 1 aromatic rings. The molecule has 2 nitrogen and oxygen atoms in total. The summed E-state index contributed by atoms with van der Waals surface area (Å²) in [4.78, 5) is 11.8. The number of carbonyl (C=O) groups excluding carboxylic acids is 1. The van der Waals surface area contributed by atoms with Crippen molar-refractivity contribution in [2.75, 3.05) is 0 Å². The predicted molar refractivity (Wildman–Crippen MR) is 72.2 cm³/mol. The molecule has 1 aliphatic carbocycles. The molecule has 3 rings (SSSR count). The highest BCUT2D eigenvalue weighted by molar-refractivity contribution is 5.78. The molecule has 1 saturated heterocycles. The Balaban J connectivity index is 2.13. The van der Waals surface area contributed by atoms with Crippen LogP contribution in [-0.4, -0.2) is 5.91 Å². The minimum absolute atomic E-state index is 0.185. The van der Waals surface area contributed by atoms with Crippen molar-refractivity contribution in [3.05, 3.63) is 35.4 Å². The lowest BCUT2D eigenvalue weighted by Crippen LogP contribution is -2.50. The molecule has 1 fully saturated rings. The van der Waals surface area contributed by atoms with E-state index < -0.39 is 0 Å². The van der Waals surface area contributed by atoms with Crippen LogP contribution in [0.3, 0.4) is 0 Å². The summed E-state index contributed by atoms with van der Waals surface area (Å²) in [5.41, 5.74) is 3.13. The quantitative estimate of drug-likeness (QED) is 0.744. The molecule has 1 aromatic carbocycles. The number of fused-ring (bicyclic) bond motifs is 3. The van der Waals surface area contributed by atoms with E-state index in [0.29, 0.717) is 6.42 Å². The van der Waals surface area contributed by atoms with Gasteiger partial charge in [-0.15, -0.1) is 0 Å². The Bertz CT molecular complexity index is 500. The third-order valence-electron chi connectivity index (χ3n) is 5.02. The molecule has 96 valence electrons. The minimum Gasteiger partial charge on any atom is -0.349 e. The Hall–Kier alpha value is -1.31. The molecule has 18 heavy (non-hydrogen) atoms. The molecule has 2 atom stereocenters. The first-order valence-corrected chi connectivity index (χ1v) is 6.81. The molecule has 0 spiro atoms. The second kappa shape index (κ2) is 3.59. The van der Waals surface area contributed by atoms with Crippen molar-refractivity contribution in [1.82, 2.24) is 5.32 Å². The maximum Gasteiger partial charge on any atom is 0.220 e. The maximum absolute atomic E-state index is 11.8. The zero-order valence-electron chi connectivity index (χ0n) is 11.4. The fraction of sp³-hybridized carbons (Fsp3) is 0.562. The van der Waals surface area contributed by atoms with E-state index in [0.717, 1.165) is 12.8 Å². The van der Waals surface area contributed by atoms with Crippen LogP contribution in [0, 0.1) is 10.8 Å². The molecule has 0 bridgehead atoms. The lowest BCUT2D eigenvalue weighted by molar-refractivity contribution is -0.129. The van der Waals surface area contributed by atoms with Crippen molar-refractivity contribution in [3.63, 3.8) is 0 Å². The van der Waals surface area contributed by atoms with Gasteiger partial charge in [0, 0.05) is 11.8 Å². The lowest BCUT2D eigenvalue weighted by Gasteiger charge is -2.49. The van der Waals surface area contributed by atoms with Crippen LogP contribution in [-0.2, 0) is 11.2 Å². The second-order valence-corrected chi connectivity index (χ2v) is 6.78. The normalized spacial score (nSPS) is 30.6. The third kappa shape index (κ3) is 1.44. The molecule has 0 saturated carbocycles. The van der Waals surface area contributed by atoms with Crippen molar-refractivity contribution in [3.8, 4) is 0 Å². The first-order valence-electron chi connectivity index (χ1n) is 6.81. The largest absolute Gasteiger partial charge is 0.349 e. The Morgan fingerprint density at radius 1 is 1.28 bits per heavy atom. The maximum atomic E-state index is 11.8. The summed E-state index contributed by atoms with van der Waals surface area (Å²) in [6.07, 6.45) is 2.76. The summed E-state index contributed by atoms with van der Waals surface area (Å²) in [6.45, 7) is 6.93. The van der Waals surface area contributed by atoms with Crippen molar-refractivity contribution in [2.45, 2.75) is 46.1 Å². The number of nitrogens with one attached hydrogen (secondary N) is 1. The lowest BCUT2D eigenvalue weighted by atomic mass is 9.59. The summed E-state index contributed by atoms with van der Waals surface area (Å²) in [5.74, 6) is 0.205. The summed E-state index contributed by atoms with van der Waals surface area (Å²) < 4.78 is 0. The van der Waals surface area contributed by atoms with E-state index in [1.165, 1.54) is 11.1 Å². The van der Waals surface area contributed by atoms with Crippen LogP contribution < -0.4 is 5.32 Å². The van der Waals surface area contributed by atoms with Crippen molar-refractivity contribution in [1.29, 1.82) is 0 Å². The zero-order valence-corrected chi connectivity index (χ0v) is 11.4. The Labute approximate surface area is 109 Å². The number of amides is 1. The number of carbonyl (C=O) groups is 1. The Morgan fingerprint density at radius 3 is 2.72 bits per heavy atom. The van der Waals surface area contributed by atoms with Crippen LogP contribution in [0.15, 0.2) is 24.3 Å². The molecule has 1 aliphatic heterocycles. The first kappa shape index (κ1) is 11.8. The van der Waals surface area contributed by atoms with Gasteiger partial charge < -0.3 is 5.32 Å². The van der Waals surface area contributed by atoms with E-state index in [9.17, 15) is 4.79 Å².